The maximum atomic E-state index is 12.3. The molecule has 19 heavy (non-hydrogen) atoms. The number of rotatable bonds is 4. The molecule has 0 unspecified atom stereocenters. The number of Topliss-reactive ketones (excluding diaryl/α,β-unsaturated/α-hetero) is 1. The number of hydrogen-bond acceptors (Lipinski definition) is 3. The summed E-state index contributed by atoms with van der Waals surface area (Å²) in [6.45, 7) is 0. The van der Waals surface area contributed by atoms with Gasteiger partial charge in [-0.25, -0.2) is 0 Å². The molecule has 0 saturated heterocycles. The van der Waals surface area contributed by atoms with Crippen molar-refractivity contribution in [3.8, 4) is 5.75 Å². The van der Waals surface area contributed by atoms with Gasteiger partial charge in [0.05, 0.1) is 0 Å². The van der Waals surface area contributed by atoms with Gasteiger partial charge in [-0.3, -0.25) is 4.79 Å². The second-order valence-corrected chi connectivity index (χ2v) is 5.12. The molecular weight excluding hydrogens is 306 g/mol. The van der Waals surface area contributed by atoms with Gasteiger partial charge < -0.3 is 10.4 Å². The smallest absolute Gasteiger partial charge is 0.169 e. The predicted molar refractivity (Wildman–Crippen MR) is 79.8 cm³/mol. The zero-order valence-corrected chi connectivity index (χ0v) is 12.1. The van der Waals surface area contributed by atoms with Crippen molar-refractivity contribution in [2.24, 2.45) is 0 Å². The number of phenolic OH excluding ortho intramolecular Hbond substituents is 1. The van der Waals surface area contributed by atoms with E-state index in [1.807, 2.05) is 24.3 Å². The predicted octanol–water partition coefficient (Wildman–Crippen LogP) is 3.62. The molecule has 0 fully saturated rings. The Bertz CT molecular complexity index is 594. The first-order valence-electron chi connectivity index (χ1n) is 5.88. The van der Waals surface area contributed by atoms with E-state index in [-0.39, 0.29) is 11.5 Å². The minimum atomic E-state index is -0.0254. The average molecular weight is 320 g/mol. The second-order valence-electron chi connectivity index (χ2n) is 4.21. The standard InChI is InChI=1S/C15H14BrNO2/c1-17-14-7-6-12(18)9-13(14)15(19)8-10-2-4-11(16)5-3-10/h2-7,9,17-18H,8H2,1H3. The molecule has 3 nitrogen and oxygen atoms in total. The SMILES string of the molecule is CNc1ccc(O)cc1C(=O)Cc1ccc(Br)cc1. The Morgan fingerprint density at radius 2 is 1.89 bits per heavy atom. The summed E-state index contributed by atoms with van der Waals surface area (Å²) in [6, 6.07) is 12.4. The highest BCUT2D eigenvalue weighted by Gasteiger charge is 2.12. The number of carbonyl (C=O) groups excluding carboxylic acids is 1. The van der Waals surface area contributed by atoms with E-state index in [9.17, 15) is 9.90 Å². The van der Waals surface area contributed by atoms with Gasteiger partial charge in [-0.05, 0) is 35.9 Å². The lowest BCUT2D eigenvalue weighted by molar-refractivity contribution is 0.0993. The van der Waals surface area contributed by atoms with Crippen LogP contribution >= 0.6 is 15.9 Å². The van der Waals surface area contributed by atoms with E-state index < -0.39 is 0 Å². The third kappa shape index (κ3) is 3.35. The number of hydrogen-bond donors (Lipinski definition) is 2. The van der Waals surface area contributed by atoms with Gasteiger partial charge in [0.15, 0.2) is 5.78 Å². The Labute approximate surface area is 120 Å². The Morgan fingerprint density at radius 1 is 1.21 bits per heavy atom. The highest BCUT2D eigenvalue weighted by atomic mass is 79.9. The summed E-state index contributed by atoms with van der Waals surface area (Å²) in [5.74, 6) is 0.0701. The van der Waals surface area contributed by atoms with Crippen molar-refractivity contribution in [2.75, 3.05) is 12.4 Å². The van der Waals surface area contributed by atoms with Gasteiger partial charge in [0.25, 0.3) is 0 Å². The summed E-state index contributed by atoms with van der Waals surface area (Å²) in [5, 5.41) is 12.5. The van der Waals surface area contributed by atoms with Crippen LogP contribution in [0.4, 0.5) is 5.69 Å². The van der Waals surface area contributed by atoms with Crippen LogP contribution in [0, 0.1) is 0 Å². The number of benzene rings is 2. The number of halogens is 1. The second kappa shape index (κ2) is 5.89. The maximum Gasteiger partial charge on any atom is 0.169 e. The van der Waals surface area contributed by atoms with Crippen molar-refractivity contribution >= 4 is 27.4 Å². The Balaban J connectivity index is 2.24. The fourth-order valence-electron chi connectivity index (χ4n) is 1.86. The molecule has 0 saturated carbocycles. The van der Waals surface area contributed by atoms with Crippen molar-refractivity contribution in [3.05, 3.63) is 58.1 Å². The van der Waals surface area contributed by atoms with Crippen LogP contribution in [0.15, 0.2) is 46.9 Å². The molecule has 2 aromatic carbocycles. The average Bonchev–Trinajstić information content (AvgIpc) is 2.41. The third-order valence-corrected chi connectivity index (χ3v) is 3.38. The molecule has 0 aliphatic carbocycles. The fourth-order valence-corrected chi connectivity index (χ4v) is 2.13. The van der Waals surface area contributed by atoms with E-state index in [1.54, 1.807) is 19.2 Å². The first-order valence-corrected chi connectivity index (χ1v) is 6.68. The van der Waals surface area contributed by atoms with Crippen LogP contribution in [0.3, 0.4) is 0 Å². The Morgan fingerprint density at radius 3 is 2.53 bits per heavy atom. The van der Waals surface area contributed by atoms with Crippen LogP contribution in [0.5, 0.6) is 5.75 Å². The molecule has 0 radical (unpaired) electrons. The van der Waals surface area contributed by atoms with E-state index in [2.05, 4.69) is 21.2 Å². The quantitative estimate of drug-likeness (QED) is 0.668. The lowest BCUT2D eigenvalue weighted by Gasteiger charge is -2.09. The van der Waals surface area contributed by atoms with Gasteiger partial charge in [0.1, 0.15) is 5.75 Å². The minimum absolute atomic E-state index is 0.0254. The van der Waals surface area contributed by atoms with Gasteiger partial charge in [-0.2, -0.15) is 0 Å². The number of phenols is 1. The van der Waals surface area contributed by atoms with E-state index in [1.165, 1.54) is 6.07 Å². The molecular formula is C15H14BrNO2. The Hall–Kier alpha value is -1.81. The van der Waals surface area contributed by atoms with Gasteiger partial charge in [-0.1, -0.05) is 28.1 Å². The molecule has 2 aromatic rings. The molecule has 0 spiro atoms. The highest BCUT2D eigenvalue weighted by Crippen LogP contribution is 2.23. The molecule has 0 heterocycles. The first-order chi connectivity index (χ1) is 9.10. The van der Waals surface area contributed by atoms with E-state index in [0.29, 0.717) is 12.0 Å². The molecule has 0 bridgehead atoms. The van der Waals surface area contributed by atoms with Gasteiger partial charge in [-0.15, -0.1) is 0 Å². The lowest BCUT2D eigenvalue weighted by Crippen LogP contribution is -2.07. The molecule has 4 heteroatoms. The molecule has 98 valence electrons. The van der Waals surface area contributed by atoms with Crippen molar-refractivity contribution < 1.29 is 9.90 Å². The largest absolute Gasteiger partial charge is 0.508 e. The van der Waals surface area contributed by atoms with E-state index in [0.717, 1.165) is 15.7 Å². The molecule has 2 N–H and O–H groups in total. The number of anilines is 1. The summed E-state index contributed by atoms with van der Waals surface area (Å²) in [4.78, 5) is 12.3. The van der Waals surface area contributed by atoms with Crippen LogP contribution in [0.2, 0.25) is 0 Å². The normalized spacial score (nSPS) is 10.2. The summed E-state index contributed by atoms with van der Waals surface area (Å²) >= 11 is 3.36. The zero-order chi connectivity index (χ0) is 13.8. The number of nitrogens with one attached hydrogen (secondary N) is 1. The third-order valence-electron chi connectivity index (χ3n) is 2.85. The van der Waals surface area contributed by atoms with Gasteiger partial charge in [0.2, 0.25) is 0 Å². The molecule has 0 aliphatic heterocycles. The number of carbonyl (C=O) groups is 1. The summed E-state index contributed by atoms with van der Waals surface area (Å²) in [7, 11) is 1.75. The molecule has 2 rings (SSSR count). The van der Waals surface area contributed by atoms with Crippen LogP contribution in [-0.4, -0.2) is 17.9 Å². The first kappa shape index (κ1) is 13.6. The summed E-state index contributed by atoms with van der Waals surface area (Å²) in [5.41, 5.74) is 2.17. The topological polar surface area (TPSA) is 49.3 Å². The molecule has 0 aliphatic rings. The molecule has 0 amide bonds. The monoisotopic (exact) mass is 319 g/mol. The van der Waals surface area contributed by atoms with Crippen LogP contribution in [0.1, 0.15) is 15.9 Å². The van der Waals surface area contributed by atoms with Crippen LogP contribution in [-0.2, 0) is 6.42 Å². The molecule has 0 atom stereocenters. The van der Waals surface area contributed by atoms with Crippen LogP contribution in [0.25, 0.3) is 0 Å². The van der Waals surface area contributed by atoms with E-state index in [4.69, 9.17) is 0 Å². The Kier molecular flexibility index (Phi) is 4.22. The summed E-state index contributed by atoms with van der Waals surface area (Å²) < 4.78 is 0.983. The van der Waals surface area contributed by atoms with Crippen molar-refractivity contribution in [2.45, 2.75) is 6.42 Å². The van der Waals surface area contributed by atoms with Crippen molar-refractivity contribution in [1.82, 2.24) is 0 Å². The summed E-state index contributed by atoms with van der Waals surface area (Å²) in [6.07, 6.45) is 0.311. The van der Waals surface area contributed by atoms with Crippen molar-refractivity contribution in [3.63, 3.8) is 0 Å². The van der Waals surface area contributed by atoms with Crippen molar-refractivity contribution in [1.29, 1.82) is 0 Å². The van der Waals surface area contributed by atoms with Crippen LogP contribution < -0.4 is 5.32 Å². The molecule has 0 aromatic heterocycles. The number of aromatic hydroxyl groups is 1. The minimum Gasteiger partial charge on any atom is -0.508 e. The van der Waals surface area contributed by atoms with Gasteiger partial charge in [0, 0.05) is 29.2 Å². The maximum absolute atomic E-state index is 12.3. The number of ketones is 1. The fraction of sp³-hybridized carbons (Fsp3) is 0.133. The lowest BCUT2D eigenvalue weighted by atomic mass is 10.0. The highest BCUT2D eigenvalue weighted by molar-refractivity contribution is 9.10. The van der Waals surface area contributed by atoms with Gasteiger partial charge >= 0.3 is 0 Å². The van der Waals surface area contributed by atoms with E-state index >= 15 is 0 Å². The zero-order valence-electron chi connectivity index (χ0n) is 10.5.